The van der Waals surface area contributed by atoms with E-state index in [1.807, 2.05) is 0 Å². The third-order valence-corrected chi connectivity index (χ3v) is 4.65. The molecule has 0 spiro atoms. The first kappa shape index (κ1) is 22.2. The standard InChI is InChI=1S/C17H33NO4S/c1-3-4-5-6-7-8-9-10-11-12-16(19)18-15(17(20)21)13-14-23(2)22/h15H,3-14H2,1-2H3,(H,18,19)(H,20,21)/t15-,23?/m0/s1. The van der Waals surface area contributed by atoms with E-state index in [9.17, 15) is 14.1 Å². The summed E-state index contributed by atoms with van der Waals surface area (Å²) in [6, 6.07) is -0.926. The average molecular weight is 348 g/mol. The lowest BCUT2D eigenvalue weighted by Crippen LogP contribution is -2.41. The maximum atomic E-state index is 11.8. The summed E-state index contributed by atoms with van der Waals surface area (Å²) in [7, 11) is 0. The average Bonchev–Trinajstić information content (AvgIpc) is 2.49. The summed E-state index contributed by atoms with van der Waals surface area (Å²) >= 11 is -1.04. The fourth-order valence-corrected chi connectivity index (χ4v) is 2.97. The second-order valence-corrected chi connectivity index (χ2v) is 7.66. The molecule has 0 aliphatic carbocycles. The highest BCUT2D eigenvalue weighted by atomic mass is 32.2. The van der Waals surface area contributed by atoms with E-state index in [1.165, 1.54) is 44.8 Å². The number of hydrogen-bond acceptors (Lipinski definition) is 3. The van der Waals surface area contributed by atoms with Crippen molar-refractivity contribution >= 4 is 23.1 Å². The van der Waals surface area contributed by atoms with E-state index in [-0.39, 0.29) is 18.1 Å². The predicted octanol–water partition coefficient (Wildman–Crippen LogP) is 3.25. The Bertz CT molecular complexity index is 324. The van der Waals surface area contributed by atoms with Gasteiger partial charge in [-0.1, -0.05) is 69.5 Å². The van der Waals surface area contributed by atoms with E-state index < -0.39 is 23.2 Å². The van der Waals surface area contributed by atoms with Crippen molar-refractivity contribution in [2.45, 2.75) is 83.6 Å². The molecule has 2 atom stereocenters. The van der Waals surface area contributed by atoms with E-state index in [1.54, 1.807) is 0 Å². The molecule has 0 fully saturated rings. The number of carboxylic acid groups (broad SMARTS) is 1. The zero-order chi connectivity index (χ0) is 17.5. The Morgan fingerprint density at radius 3 is 2.04 bits per heavy atom. The molecule has 0 aliphatic heterocycles. The number of unbranched alkanes of at least 4 members (excludes halogenated alkanes) is 8. The van der Waals surface area contributed by atoms with Gasteiger partial charge >= 0.3 is 5.97 Å². The van der Waals surface area contributed by atoms with Crippen molar-refractivity contribution in [2.24, 2.45) is 0 Å². The molecule has 23 heavy (non-hydrogen) atoms. The van der Waals surface area contributed by atoms with Gasteiger partial charge in [-0.05, 0) is 6.42 Å². The zero-order valence-electron chi connectivity index (χ0n) is 14.6. The SMILES string of the molecule is CCCCCCCCCCCC(=O)N[C@@H](CC[S+](C)[O-])C(=O)O. The molecular formula is C17H33NO4S. The number of amides is 1. The summed E-state index contributed by atoms with van der Waals surface area (Å²) in [5.41, 5.74) is 0. The minimum absolute atomic E-state index is 0.210. The normalized spacial score (nSPS) is 13.5. The molecule has 0 aliphatic rings. The number of carboxylic acids is 1. The van der Waals surface area contributed by atoms with Crippen LogP contribution >= 0.6 is 0 Å². The molecule has 1 unspecified atom stereocenters. The fraction of sp³-hybridized carbons (Fsp3) is 0.882. The molecular weight excluding hydrogens is 314 g/mol. The van der Waals surface area contributed by atoms with Crippen LogP contribution in [-0.4, -0.2) is 39.6 Å². The van der Waals surface area contributed by atoms with Crippen LogP contribution in [0, 0.1) is 0 Å². The van der Waals surface area contributed by atoms with Crippen molar-refractivity contribution in [1.29, 1.82) is 0 Å². The Morgan fingerprint density at radius 2 is 1.57 bits per heavy atom. The molecule has 1 amide bonds. The van der Waals surface area contributed by atoms with Gasteiger partial charge in [-0.15, -0.1) is 0 Å². The smallest absolute Gasteiger partial charge is 0.326 e. The van der Waals surface area contributed by atoms with Crippen molar-refractivity contribution in [1.82, 2.24) is 5.32 Å². The highest BCUT2D eigenvalue weighted by Crippen LogP contribution is 2.10. The Kier molecular flexibility index (Phi) is 14.3. The maximum Gasteiger partial charge on any atom is 0.326 e. The second-order valence-electron chi connectivity index (χ2n) is 6.10. The van der Waals surface area contributed by atoms with E-state index in [0.29, 0.717) is 6.42 Å². The second kappa shape index (κ2) is 14.8. The van der Waals surface area contributed by atoms with Crippen molar-refractivity contribution < 1.29 is 19.2 Å². The predicted molar refractivity (Wildman–Crippen MR) is 95.0 cm³/mol. The van der Waals surface area contributed by atoms with Gasteiger partial charge in [0.15, 0.2) is 0 Å². The number of hydrogen-bond donors (Lipinski definition) is 2. The monoisotopic (exact) mass is 347 g/mol. The maximum absolute atomic E-state index is 11.8. The molecule has 0 radical (unpaired) electrons. The van der Waals surface area contributed by atoms with E-state index in [0.717, 1.165) is 19.3 Å². The first-order chi connectivity index (χ1) is 11.0. The lowest BCUT2D eigenvalue weighted by atomic mass is 10.1. The number of aliphatic carboxylic acids is 1. The highest BCUT2D eigenvalue weighted by molar-refractivity contribution is 7.90. The molecule has 0 aromatic heterocycles. The summed E-state index contributed by atoms with van der Waals surface area (Å²) in [5, 5.41) is 11.6. The Labute approximate surface area is 143 Å². The molecule has 136 valence electrons. The molecule has 5 nitrogen and oxygen atoms in total. The number of nitrogens with one attached hydrogen (secondary N) is 1. The number of carbonyl (C=O) groups is 2. The van der Waals surface area contributed by atoms with Crippen LogP contribution in [0.3, 0.4) is 0 Å². The topological polar surface area (TPSA) is 89.5 Å². The molecule has 2 N–H and O–H groups in total. The largest absolute Gasteiger partial charge is 0.617 e. The first-order valence-corrected chi connectivity index (χ1v) is 10.5. The van der Waals surface area contributed by atoms with Crippen LogP contribution in [0.25, 0.3) is 0 Å². The van der Waals surface area contributed by atoms with Crippen LogP contribution in [0.2, 0.25) is 0 Å². The van der Waals surface area contributed by atoms with Gasteiger partial charge in [-0.25, -0.2) is 4.79 Å². The van der Waals surface area contributed by atoms with Crippen LogP contribution in [0.4, 0.5) is 0 Å². The summed E-state index contributed by atoms with van der Waals surface area (Å²) in [6.45, 7) is 2.21. The molecule has 0 rings (SSSR count). The van der Waals surface area contributed by atoms with Crippen molar-refractivity contribution in [3.05, 3.63) is 0 Å². The molecule has 0 saturated heterocycles. The van der Waals surface area contributed by atoms with Gasteiger partial charge in [-0.2, -0.15) is 0 Å². The van der Waals surface area contributed by atoms with Gasteiger partial charge in [0.05, 0.1) is 6.26 Å². The number of rotatable bonds is 15. The molecule has 0 aromatic rings. The zero-order valence-corrected chi connectivity index (χ0v) is 15.5. The van der Waals surface area contributed by atoms with Crippen molar-refractivity contribution in [3.8, 4) is 0 Å². The van der Waals surface area contributed by atoms with Crippen LogP contribution < -0.4 is 5.32 Å². The fourth-order valence-electron chi connectivity index (χ4n) is 2.40. The van der Waals surface area contributed by atoms with E-state index in [2.05, 4.69) is 12.2 Å². The quantitative estimate of drug-likeness (QED) is 0.351. The van der Waals surface area contributed by atoms with Crippen LogP contribution in [-0.2, 0) is 20.8 Å². The van der Waals surface area contributed by atoms with Crippen LogP contribution in [0.1, 0.15) is 77.6 Å². The third-order valence-electron chi connectivity index (χ3n) is 3.83. The molecule has 0 aromatic carbocycles. The molecule has 0 saturated carbocycles. The lowest BCUT2D eigenvalue weighted by Gasteiger charge is -2.14. The Morgan fingerprint density at radius 1 is 1.04 bits per heavy atom. The van der Waals surface area contributed by atoms with E-state index >= 15 is 0 Å². The van der Waals surface area contributed by atoms with E-state index in [4.69, 9.17) is 5.11 Å². The summed E-state index contributed by atoms with van der Waals surface area (Å²) < 4.78 is 11.0. The molecule has 6 heteroatoms. The van der Waals surface area contributed by atoms with Crippen molar-refractivity contribution in [2.75, 3.05) is 12.0 Å². The van der Waals surface area contributed by atoms with Gasteiger partial charge in [0.1, 0.15) is 11.8 Å². The molecule has 0 bridgehead atoms. The lowest BCUT2D eigenvalue weighted by molar-refractivity contribution is -0.141. The van der Waals surface area contributed by atoms with Gasteiger partial charge < -0.3 is 15.0 Å². The van der Waals surface area contributed by atoms with Gasteiger partial charge in [0.25, 0.3) is 0 Å². The number of carbonyl (C=O) groups excluding carboxylic acids is 1. The summed E-state index contributed by atoms with van der Waals surface area (Å²) in [5.74, 6) is -0.993. The third kappa shape index (κ3) is 14.6. The Hall–Kier alpha value is -0.750. The first-order valence-electron chi connectivity index (χ1n) is 8.79. The summed E-state index contributed by atoms with van der Waals surface area (Å²) in [4.78, 5) is 22.8. The van der Waals surface area contributed by atoms with Crippen molar-refractivity contribution in [3.63, 3.8) is 0 Å². The summed E-state index contributed by atoms with van der Waals surface area (Å²) in [6.07, 6.45) is 12.7. The molecule has 0 heterocycles. The minimum Gasteiger partial charge on any atom is -0.617 e. The van der Waals surface area contributed by atoms with Crippen LogP contribution in [0.5, 0.6) is 0 Å². The van der Waals surface area contributed by atoms with Crippen LogP contribution in [0.15, 0.2) is 0 Å². The minimum atomic E-state index is -1.06. The van der Waals surface area contributed by atoms with Gasteiger partial charge in [0.2, 0.25) is 5.91 Å². The Balaban J connectivity index is 3.65. The highest BCUT2D eigenvalue weighted by Gasteiger charge is 2.21. The van der Waals surface area contributed by atoms with Gasteiger partial charge in [0, 0.05) is 12.8 Å². The van der Waals surface area contributed by atoms with Gasteiger partial charge in [-0.3, -0.25) is 4.79 Å².